The van der Waals surface area contributed by atoms with Gasteiger partial charge in [-0.1, -0.05) is 23.5 Å². The summed E-state index contributed by atoms with van der Waals surface area (Å²) in [5, 5.41) is 15.9. The Balaban J connectivity index is 1.64. The van der Waals surface area contributed by atoms with Crippen molar-refractivity contribution in [2.24, 2.45) is 0 Å². The van der Waals surface area contributed by atoms with Crippen LogP contribution in [0.3, 0.4) is 0 Å². The molecule has 10 nitrogen and oxygen atoms in total. The lowest BCUT2D eigenvalue weighted by molar-refractivity contribution is 0.102. The Hall–Kier alpha value is -3.86. The van der Waals surface area contributed by atoms with Gasteiger partial charge in [-0.25, -0.2) is 0 Å². The number of anilines is 1. The molecule has 0 aliphatic carbocycles. The fourth-order valence-corrected chi connectivity index (χ4v) is 3.73. The predicted molar refractivity (Wildman–Crippen MR) is 115 cm³/mol. The number of methoxy groups -OCH3 is 4. The molecule has 2 aromatic heterocycles. The van der Waals surface area contributed by atoms with Crippen LogP contribution in [0.4, 0.5) is 5.13 Å². The topological polar surface area (TPSA) is 109 Å². The van der Waals surface area contributed by atoms with Crippen molar-refractivity contribution in [1.29, 1.82) is 0 Å². The third-order valence-electron chi connectivity index (χ3n) is 4.47. The monoisotopic (exact) mass is 441 g/mol. The van der Waals surface area contributed by atoms with E-state index in [1.54, 1.807) is 23.8 Å². The first-order chi connectivity index (χ1) is 15.1. The van der Waals surface area contributed by atoms with Crippen molar-refractivity contribution in [2.75, 3.05) is 33.8 Å². The number of carbonyl (C=O) groups excluding carboxylic acids is 1. The van der Waals surface area contributed by atoms with E-state index < -0.39 is 0 Å². The van der Waals surface area contributed by atoms with Gasteiger partial charge in [0.25, 0.3) is 5.91 Å². The summed E-state index contributed by atoms with van der Waals surface area (Å²) in [5.41, 5.74) is 1.12. The van der Waals surface area contributed by atoms with E-state index in [2.05, 4.69) is 20.6 Å². The summed E-state index contributed by atoms with van der Waals surface area (Å²) in [5.74, 6) is 2.02. The van der Waals surface area contributed by atoms with Gasteiger partial charge in [-0.3, -0.25) is 10.1 Å². The van der Waals surface area contributed by atoms with Crippen LogP contribution in [0.5, 0.6) is 23.0 Å². The quantitative estimate of drug-likeness (QED) is 0.466. The van der Waals surface area contributed by atoms with Crippen LogP contribution in [0.2, 0.25) is 0 Å². The van der Waals surface area contributed by atoms with E-state index in [0.717, 1.165) is 5.56 Å². The minimum atomic E-state index is -0.382. The molecule has 31 heavy (non-hydrogen) atoms. The normalized spacial score (nSPS) is 10.7. The molecule has 0 spiro atoms. The average molecular weight is 441 g/mol. The maximum atomic E-state index is 12.8. The van der Waals surface area contributed by atoms with E-state index >= 15 is 0 Å². The number of hydrogen-bond donors (Lipinski definition) is 1. The molecule has 0 unspecified atom stereocenters. The number of carbonyl (C=O) groups is 1. The Kier molecular flexibility index (Phi) is 5.58. The molecule has 0 aliphatic rings. The third kappa shape index (κ3) is 3.82. The van der Waals surface area contributed by atoms with Crippen LogP contribution >= 0.6 is 11.3 Å². The summed E-state index contributed by atoms with van der Waals surface area (Å²) in [6.07, 6.45) is 0. The maximum absolute atomic E-state index is 12.8. The zero-order valence-corrected chi connectivity index (χ0v) is 18.0. The van der Waals surface area contributed by atoms with E-state index in [9.17, 15) is 4.79 Å². The number of amides is 1. The number of fused-ring (bicyclic) bond motifs is 1. The molecule has 0 saturated heterocycles. The number of rotatable bonds is 7. The Morgan fingerprint density at radius 2 is 1.71 bits per heavy atom. The van der Waals surface area contributed by atoms with E-state index in [1.165, 1.54) is 32.7 Å². The van der Waals surface area contributed by atoms with Gasteiger partial charge in [0.15, 0.2) is 17.3 Å². The third-order valence-corrected chi connectivity index (χ3v) is 5.28. The zero-order valence-electron chi connectivity index (χ0n) is 17.2. The summed E-state index contributed by atoms with van der Waals surface area (Å²) in [4.78, 5) is 13.4. The number of ether oxygens (including phenoxy) is 4. The Labute approximate surface area is 181 Å². The Bertz CT molecular complexity index is 1230. The molecule has 1 amide bonds. The van der Waals surface area contributed by atoms with Gasteiger partial charge < -0.3 is 18.9 Å². The van der Waals surface area contributed by atoms with Crippen LogP contribution in [0.15, 0.2) is 36.4 Å². The summed E-state index contributed by atoms with van der Waals surface area (Å²) in [6, 6.07) is 10.5. The smallest absolute Gasteiger partial charge is 0.257 e. The van der Waals surface area contributed by atoms with Crippen molar-refractivity contribution in [3.8, 4) is 34.4 Å². The summed E-state index contributed by atoms with van der Waals surface area (Å²) in [7, 11) is 6.07. The number of benzene rings is 2. The molecule has 0 bridgehead atoms. The van der Waals surface area contributed by atoms with Crippen LogP contribution in [0.1, 0.15) is 10.4 Å². The van der Waals surface area contributed by atoms with Crippen molar-refractivity contribution >= 4 is 27.3 Å². The molecule has 1 N–H and O–H groups in total. The van der Waals surface area contributed by atoms with Gasteiger partial charge in [-0.2, -0.15) is 4.52 Å². The maximum Gasteiger partial charge on any atom is 0.257 e. The lowest BCUT2D eigenvalue weighted by Gasteiger charge is -2.13. The molecule has 2 aromatic carbocycles. The first-order valence-corrected chi connectivity index (χ1v) is 9.87. The Morgan fingerprint density at radius 1 is 0.968 bits per heavy atom. The highest BCUT2D eigenvalue weighted by molar-refractivity contribution is 7.20. The van der Waals surface area contributed by atoms with Crippen LogP contribution in [0.25, 0.3) is 16.3 Å². The fourth-order valence-electron chi connectivity index (χ4n) is 2.99. The fraction of sp³-hybridized carbons (Fsp3) is 0.200. The highest BCUT2D eigenvalue weighted by atomic mass is 32.1. The molecular weight excluding hydrogens is 422 g/mol. The van der Waals surface area contributed by atoms with Gasteiger partial charge in [0, 0.05) is 11.1 Å². The van der Waals surface area contributed by atoms with Gasteiger partial charge in [0.1, 0.15) is 5.75 Å². The van der Waals surface area contributed by atoms with Crippen LogP contribution < -0.4 is 24.3 Å². The average Bonchev–Trinajstić information content (AvgIpc) is 3.38. The van der Waals surface area contributed by atoms with Crippen molar-refractivity contribution in [1.82, 2.24) is 19.8 Å². The van der Waals surface area contributed by atoms with Crippen molar-refractivity contribution in [2.45, 2.75) is 0 Å². The molecule has 0 fully saturated rings. The molecule has 0 saturated carbocycles. The molecule has 4 aromatic rings. The van der Waals surface area contributed by atoms with Gasteiger partial charge in [-0.15, -0.1) is 15.3 Å². The van der Waals surface area contributed by atoms with Gasteiger partial charge in [0.05, 0.1) is 28.4 Å². The van der Waals surface area contributed by atoms with Crippen LogP contribution in [-0.2, 0) is 0 Å². The second kappa shape index (κ2) is 8.48. The van der Waals surface area contributed by atoms with Gasteiger partial charge in [0.2, 0.25) is 15.8 Å². The van der Waals surface area contributed by atoms with Crippen molar-refractivity contribution in [3.05, 3.63) is 42.0 Å². The minimum absolute atomic E-state index is 0.327. The number of hydrogen-bond acceptors (Lipinski definition) is 9. The largest absolute Gasteiger partial charge is 0.497 e. The summed E-state index contributed by atoms with van der Waals surface area (Å²) in [6.45, 7) is 0. The zero-order chi connectivity index (χ0) is 22.0. The number of aromatic nitrogens is 4. The molecule has 11 heteroatoms. The molecule has 2 heterocycles. The highest BCUT2D eigenvalue weighted by Crippen LogP contribution is 2.38. The second-order valence-corrected chi connectivity index (χ2v) is 7.18. The van der Waals surface area contributed by atoms with E-state index in [1.807, 2.05) is 24.3 Å². The molecule has 0 aliphatic heterocycles. The van der Waals surface area contributed by atoms with Gasteiger partial charge in [-0.05, 0) is 24.3 Å². The minimum Gasteiger partial charge on any atom is -0.497 e. The lowest BCUT2D eigenvalue weighted by Crippen LogP contribution is -2.13. The molecule has 160 valence electrons. The van der Waals surface area contributed by atoms with Crippen molar-refractivity contribution < 1.29 is 23.7 Å². The SMILES string of the molecule is COc1cccc(-c2nnc3sc(NC(=O)c4cc(OC)c(OC)c(OC)c4)nn23)c1. The summed E-state index contributed by atoms with van der Waals surface area (Å²) < 4.78 is 22.7. The standard InChI is InChI=1S/C20H19N5O5S/c1-27-13-7-5-6-11(8-13)17-22-23-20-25(17)24-19(31-20)21-18(26)12-9-14(28-2)16(30-4)15(10-12)29-3/h5-10H,1-4H3,(H,21,24,26). The number of nitrogens with zero attached hydrogens (tertiary/aromatic N) is 4. The van der Waals surface area contributed by atoms with Crippen molar-refractivity contribution in [3.63, 3.8) is 0 Å². The second-order valence-electron chi connectivity index (χ2n) is 6.23. The summed E-state index contributed by atoms with van der Waals surface area (Å²) >= 11 is 1.20. The predicted octanol–water partition coefficient (Wildman–Crippen LogP) is 3.14. The Morgan fingerprint density at radius 3 is 2.35 bits per heavy atom. The first-order valence-electron chi connectivity index (χ1n) is 9.06. The van der Waals surface area contributed by atoms with E-state index in [4.69, 9.17) is 18.9 Å². The lowest BCUT2D eigenvalue weighted by atomic mass is 10.1. The van der Waals surface area contributed by atoms with Crippen LogP contribution in [0, 0.1) is 0 Å². The van der Waals surface area contributed by atoms with Gasteiger partial charge >= 0.3 is 0 Å². The van der Waals surface area contributed by atoms with Crippen LogP contribution in [-0.4, -0.2) is 54.2 Å². The molecule has 0 atom stereocenters. The molecule has 0 radical (unpaired) electrons. The number of nitrogens with one attached hydrogen (secondary N) is 1. The molecular formula is C20H19N5O5S. The molecule has 4 rings (SSSR count). The van der Waals surface area contributed by atoms with E-state index in [-0.39, 0.29) is 5.91 Å². The highest BCUT2D eigenvalue weighted by Gasteiger charge is 2.19. The van der Waals surface area contributed by atoms with E-state index in [0.29, 0.717) is 44.5 Å². The first kappa shape index (κ1) is 20.4.